The zero-order valence-corrected chi connectivity index (χ0v) is 13.1. The van der Waals surface area contributed by atoms with Crippen LogP contribution >= 0.6 is 0 Å². The number of hydrazone groups is 1. The Morgan fingerprint density at radius 2 is 1.87 bits per heavy atom. The van der Waals surface area contributed by atoms with Crippen molar-refractivity contribution in [2.24, 2.45) is 5.10 Å². The van der Waals surface area contributed by atoms with Crippen LogP contribution in [-0.4, -0.2) is 31.5 Å². The summed E-state index contributed by atoms with van der Waals surface area (Å²) in [6.07, 6.45) is 1.10. The summed E-state index contributed by atoms with van der Waals surface area (Å²) in [6, 6.07) is 10.2. The molecule has 0 aliphatic heterocycles. The summed E-state index contributed by atoms with van der Waals surface area (Å²) in [5, 5.41) is 22.5. The van der Waals surface area contributed by atoms with E-state index in [2.05, 4.69) is 5.10 Å². The molecule has 0 amide bonds. The third-order valence-electron chi connectivity index (χ3n) is 2.87. The molecule has 0 aromatic heterocycles. The number of hydrogen-bond acceptors (Lipinski definition) is 6. The van der Waals surface area contributed by atoms with E-state index in [0.29, 0.717) is 12.4 Å². The average Bonchev–Trinajstić information content (AvgIpc) is 2.52. The molecule has 0 saturated heterocycles. The molecule has 0 unspecified atom stereocenters. The Labute approximate surface area is 133 Å². The summed E-state index contributed by atoms with van der Waals surface area (Å²) >= 11 is 0. The molecule has 2 rings (SSSR count). The van der Waals surface area contributed by atoms with Gasteiger partial charge in [0, 0.05) is 5.56 Å². The average molecular weight is 336 g/mol. The van der Waals surface area contributed by atoms with Crippen molar-refractivity contribution >= 4 is 16.2 Å². The van der Waals surface area contributed by atoms with E-state index < -0.39 is 10.0 Å². The van der Waals surface area contributed by atoms with Gasteiger partial charge in [-0.2, -0.15) is 13.5 Å². The van der Waals surface area contributed by atoms with Crippen molar-refractivity contribution in [2.45, 2.75) is 11.8 Å². The minimum Gasteiger partial charge on any atom is -0.504 e. The van der Waals surface area contributed by atoms with Gasteiger partial charge < -0.3 is 14.9 Å². The smallest absolute Gasteiger partial charge is 0.276 e. The quantitative estimate of drug-likeness (QED) is 0.423. The van der Waals surface area contributed by atoms with E-state index in [0.717, 1.165) is 6.21 Å². The molecule has 0 saturated carbocycles. The van der Waals surface area contributed by atoms with Crippen molar-refractivity contribution in [3.63, 3.8) is 0 Å². The van der Waals surface area contributed by atoms with Crippen molar-refractivity contribution in [1.82, 2.24) is 4.83 Å². The lowest BCUT2D eigenvalue weighted by Crippen LogP contribution is -2.18. The highest BCUT2D eigenvalue weighted by molar-refractivity contribution is 7.89. The van der Waals surface area contributed by atoms with Gasteiger partial charge in [-0.15, -0.1) is 0 Å². The first kappa shape index (κ1) is 16.6. The zero-order chi connectivity index (χ0) is 16.9. The van der Waals surface area contributed by atoms with Gasteiger partial charge in [0.25, 0.3) is 10.0 Å². The van der Waals surface area contributed by atoms with E-state index in [4.69, 9.17) is 4.74 Å². The molecule has 0 atom stereocenters. The predicted molar refractivity (Wildman–Crippen MR) is 85.3 cm³/mol. The van der Waals surface area contributed by atoms with Gasteiger partial charge in [-0.25, -0.2) is 4.83 Å². The largest absolute Gasteiger partial charge is 0.504 e. The number of rotatable bonds is 6. The molecule has 0 fully saturated rings. The maximum atomic E-state index is 12.1. The second kappa shape index (κ2) is 7.01. The van der Waals surface area contributed by atoms with E-state index in [9.17, 15) is 18.6 Å². The van der Waals surface area contributed by atoms with Gasteiger partial charge in [0.1, 0.15) is 5.75 Å². The van der Waals surface area contributed by atoms with Crippen molar-refractivity contribution in [2.75, 3.05) is 6.61 Å². The number of hydrogen-bond donors (Lipinski definition) is 3. The van der Waals surface area contributed by atoms with Crippen LogP contribution in [0.4, 0.5) is 0 Å². The molecule has 0 aliphatic rings. The topological polar surface area (TPSA) is 108 Å². The van der Waals surface area contributed by atoms with E-state index in [1.165, 1.54) is 30.3 Å². The summed E-state index contributed by atoms with van der Waals surface area (Å²) in [4.78, 5) is 2.06. The highest BCUT2D eigenvalue weighted by atomic mass is 32.2. The SMILES string of the molecule is CCOc1ccc(S(=O)(=O)N/N=C/c2cccc(O)c2O)cc1. The summed E-state index contributed by atoms with van der Waals surface area (Å²) in [5.74, 6) is -0.125. The van der Waals surface area contributed by atoms with Crippen molar-refractivity contribution in [3.8, 4) is 17.2 Å². The lowest BCUT2D eigenvalue weighted by atomic mass is 10.2. The number of nitrogens with zero attached hydrogens (tertiary/aromatic N) is 1. The molecular weight excluding hydrogens is 320 g/mol. The van der Waals surface area contributed by atoms with Gasteiger partial charge in [0.2, 0.25) is 0 Å². The van der Waals surface area contributed by atoms with Crippen LogP contribution < -0.4 is 9.57 Å². The molecule has 0 heterocycles. The van der Waals surface area contributed by atoms with E-state index in [-0.39, 0.29) is 22.0 Å². The van der Waals surface area contributed by atoms with Crippen LogP contribution in [0.5, 0.6) is 17.2 Å². The Kier molecular flexibility index (Phi) is 5.07. The van der Waals surface area contributed by atoms with Crippen molar-refractivity contribution in [3.05, 3.63) is 48.0 Å². The molecular formula is C15H16N2O5S. The van der Waals surface area contributed by atoms with E-state index in [1.807, 2.05) is 11.8 Å². The molecule has 0 bridgehead atoms. The lowest BCUT2D eigenvalue weighted by Gasteiger charge is -2.06. The Morgan fingerprint density at radius 3 is 2.52 bits per heavy atom. The number of aromatic hydroxyl groups is 2. The van der Waals surface area contributed by atoms with Crippen LogP contribution in [0.1, 0.15) is 12.5 Å². The molecule has 122 valence electrons. The molecule has 0 spiro atoms. The zero-order valence-electron chi connectivity index (χ0n) is 12.3. The van der Waals surface area contributed by atoms with Crippen LogP contribution in [0.3, 0.4) is 0 Å². The highest BCUT2D eigenvalue weighted by Gasteiger charge is 2.12. The number of phenols is 2. The molecule has 2 aromatic carbocycles. The number of phenolic OH excluding ortho intramolecular Hbond substituents is 2. The first-order valence-electron chi connectivity index (χ1n) is 6.72. The normalized spacial score (nSPS) is 11.5. The first-order chi connectivity index (χ1) is 10.9. The van der Waals surface area contributed by atoms with Crippen LogP contribution in [0.25, 0.3) is 0 Å². The van der Waals surface area contributed by atoms with Gasteiger partial charge in [0.05, 0.1) is 17.7 Å². The molecule has 3 N–H and O–H groups in total. The molecule has 0 radical (unpaired) electrons. The Balaban J connectivity index is 2.12. The van der Waals surface area contributed by atoms with Gasteiger partial charge in [-0.05, 0) is 43.3 Å². The minimum absolute atomic E-state index is 0.0261. The fourth-order valence-electron chi connectivity index (χ4n) is 1.75. The Bertz CT molecular complexity index is 801. The maximum absolute atomic E-state index is 12.1. The maximum Gasteiger partial charge on any atom is 0.276 e. The number of ether oxygens (including phenoxy) is 1. The second-order valence-electron chi connectivity index (χ2n) is 4.47. The third kappa shape index (κ3) is 4.13. The van der Waals surface area contributed by atoms with Crippen molar-refractivity contribution < 1.29 is 23.4 Å². The fourth-order valence-corrected chi connectivity index (χ4v) is 2.54. The number of benzene rings is 2. The van der Waals surface area contributed by atoms with E-state index >= 15 is 0 Å². The van der Waals surface area contributed by atoms with Crippen molar-refractivity contribution in [1.29, 1.82) is 0 Å². The summed E-state index contributed by atoms with van der Waals surface area (Å²) in [5.41, 5.74) is 0.180. The van der Waals surface area contributed by atoms with Gasteiger partial charge in [0.15, 0.2) is 11.5 Å². The predicted octanol–water partition coefficient (Wildman–Crippen LogP) is 1.81. The van der Waals surface area contributed by atoms with Gasteiger partial charge in [-0.3, -0.25) is 0 Å². The number of nitrogens with one attached hydrogen (secondary N) is 1. The summed E-state index contributed by atoms with van der Waals surface area (Å²) < 4.78 is 29.4. The first-order valence-corrected chi connectivity index (χ1v) is 8.21. The minimum atomic E-state index is -3.83. The molecule has 0 aliphatic carbocycles. The summed E-state index contributed by atoms with van der Waals surface area (Å²) in [6.45, 7) is 2.32. The molecule has 8 heteroatoms. The van der Waals surface area contributed by atoms with Crippen LogP contribution in [0.2, 0.25) is 0 Å². The van der Waals surface area contributed by atoms with Gasteiger partial charge in [-0.1, -0.05) is 6.07 Å². The summed E-state index contributed by atoms with van der Waals surface area (Å²) in [7, 11) is -3.83. The molecule has 2 aromatic rings. The highest BCUT2D eigenvalue weighted by Crippen LogP contribution is 2.26. The fraction of sp³-hybridized carbons (Fsp3) is 0.133. The van der Waals surface area contributed by atoms with Crippen LogP contribution in [-0.2, 0) is 10.0 Å². The van der Waals surface area contributed by atoms with Crippen LogP contribution in [0.15, 0.2) is 52.5 Å². The Morgan fingerprint density at radius 1 is 1.17 bits per heavy atom. The van der Waals surface area contributed by atoms with Gasteiger partial charge >= 0.3 is 0 Å². The van der Waals surface area contributed by atoms with Crippen LogP contribution in [0, 0.1) is 0 Å². The molecule has 23 heavy (non-hydrogen) atoms. The van der Waals surface area contributed by atoms with E-state index in [1.54, 1.807) is 12.1 Å². The molecule has 7 nitrogen and oxygen atoms in total. The monoisotopic (exact) mass is 336 g/mol. The standard InChI is InChI=1S/C15H16N2O5S/c1-2-22-12-6-8-13(9-7-12)23(20,21)17-16-10-11-4-3-5-14(18)15(11)19/h3-10,17-19H,2H2,1H3/b16-10+. The third-order valence-corrected chi connectivity index (χ3v) is 4.11. The second-order valence-corrected chi connectivity index (χ2v) is 6.13. The number of para-hydroxylation sites is 1. The Hall–Kier alpha value is -2.74. The lowest BCUT2D eigenvalue weighted by molar-refractivity contribution is 0.340. The number of sulfonamides is 1.